The fourth-order valence-corrected chi connectivity index (χ4v) is 5.22. The van der Waals surface area contributed by atoms with Gasteiger partial charge in [-0.3, -0.25) is 14.5 Å². The van der Waals surface area contributed by atoms with Crippen LogP contribution in [0.25, 0.3) is 5.76 Å². The average molecular weight is 563 g/mol. The Bertz CT molecular complexity index is 1440. The number of hydrogen-bond acceptors (Lipinski definition) is 9. The molecule has 1 amide bonds. The molecule has 1 unspecified atom stereocenters. The molecule has 208 valence electrons. The number of ether oxygens (including phenoxy) is 3. The topological polar surface area (TPSA) is 115 Å². The molecule has 1 saturated heterocycles. The van der Waals surface area contributed by atoms with Crippen LogP contribution in [0.3, 0.4) is 0 Å². The minimum atomic E-state index is -1.01. The summed E-state index contributed by atoms with van der Waals surface area (Å²) in [7, 11) is 1.25. The van der Waals surface area contributed by atoms with Crippen molar-refractivity contribution in [1.29, 1.82) is 0 Å². The average Bonchev–Trinajstić information content (AvgIpc) is 3.48. The largest absolute Gasteiger partial charge is 0.507 e. The molecule has 1 N–H and O–H groups in total. The summed E-state index contributed by atoms with van der Waals surface area (Å²) < 4.78 is 16.1. The van der Waals surface area contributed by atoms with Gasteiger partial charge in [0.15, 0.2) is 5.13 Å². The Balaban J connectivity index is 1.81. The van der Waals surface area contributed by atoms with Crippen LogP contribution >= 0.6 is 11.3 Å². The summed E-state index contributed by atoms with van der Waals surface area (Å²) in [4.78, 5) is 44.9. The van der Waals surface area contributed by atoms with Crippen molar-refractivity contribution in [3.05, 3.63) is 88.5 Å². The Morgan fingerprint density at radius 3 is 2.38 bits per heavy atom. The predicted octanol–water partition coefficient (Wildman–Crippen LogP) is 5.61. The van der Waals surface area contributed by atoms with Gasteiger partial charge >= 0.3 is 11.9 Å². The van der Waals surface area contributed by atoms with Crippen molar-refractivity contribution in [3.8, 4) is 11.5 Å². The van der Waals surface area contributed by atoms with Crippen LogP contribution in [-0.2, 0) is 14.3 Å². The summed E-state index contributed by atoms with van der Waals surface area (Å²) in [5.41, 5.74) is 1.15. The number of rotatable bonds is 11. The van der Waals surface area contributed by atoms with E-state index >= 15 is 0 Å². The number of thiazole rings is 1. The van der Waals surface area contributed by atoms with Gasteiger partial charge in [0.05, 0.1) is 31.0 Å². The number of ketones is 1. The van der Waals surface area contributed by atoms with Crippen LogP contribution < -0.4 is 14.4 Å². The highest BCUT2D eigenvalue weighted by Gasteiger charge is 2.48. The smallest absolute Gasteiger partial charge is 0.350 e. The number of carbonyl (C=O) groups is 3. The third-order valence-electron chi connectivity index (χ3n) is 6.26. The van der Waals surface area contributed by atoms with Gasteiger partial charge in [0.2, 0.25) is 0 Å². The van der Waals surface area contributed by atoms with E-state index in [1.54, 1.807) is 61.5 Å². The lowest BCUT2D eigenvalue weighted by Crippen LogP contribution is -2.29. The van der Waals surface area contributed by atoms with E-state index in [9.17, 15) is 19.5 Å². The molecular weight excluding hydrogens is 532 g/mol. The number of benzene rings is 2. The summed E-state index contributed by atoms with van der Waals surface area (Å²) in [6.07, 6.45) is 3.53. The van der Waals surface area contributed by atoms with E-state index in [4.69, 9.17) is 14.2 Å². The molecule has 0 spiro atoms. The van der Waals surface area contributed by atoms with Gasteiger partial charge in [-0.1, -0.05) is 49.5 Å². The van der Waals surface area contributed by atoms with Gasteiger partial charge in [-0.2, -0.15) is 0 Å². The summed E-state index contributed by atoms with van der Waals surface area (Å²) in [5.74, 6) is -1.48. The van der Waals surface area contributed by atoms with Crippen LogP contribution in [0.4, 0.5) is 5.13 Å². The highest BCUT2D eigenvalue weighted by Crippen LogP contribution is 2.44. The van der Waals surface area contributed by atoms with Gasteiger partial charge in [0.25, 0.3) is 5.78 Å². The number of esters is 1. The Labute approximate surface area is 236 Å². The summed E-state index contributed by atoms with van der Waals surface area (Å²) in [6, 6.07) is 12.5. The molecule has 40 heavy (non-hydrogen) atoms. The van der Waals surface area contributed by atoms with Crippen molar-refractivity contribution in [2.45, 2.75) is 32.7 Å². The fraction of sp³-hybridized carbons (Fsp3) is 0.267. The highest BCUT2D eigenvalue weighted by atomic mass is 32.1. The third kappa shape index (κ3) is 5.76. The maximum atomic E-state index is 13.4. The molecule has 4 rings (SSSR count). The Morgan fingerprint density at radius 2 is 1.75 bits per heavy atom. The van der Waals surface area contributed by atoms with E-state index in [0.29, 0.717) is 41.5 Å². The maximum Gasteiger partial charge on any atom is 0.350 e. The zero-order chi connectivity index (χ0) is 28.8. The number of Topliss-reactive ketones (excluding diaryl/α,β-unsaturated/α-hetero) is 1. The molecule has 1 aliphatic heterocycles. The van der Waals surface area contributed by atoms with Crippen LogP contribution in [0.2, 0.25) is 0 Å². The number of aliphatic hydroxyl groups is 1. The number of methoxy groups -OCH3 is 1. The molecule has 2 aromatic carbocycles. The SMILES string of the molecule is C=CCOc1ccc(C2C(=C(O)c3ccc(OCCCC)cc3)C(=O)C(=O)N2c2nc(C)c(C(=O)OC)s2)cc1. The number of amides is 1. The number of unbranched alkanes of at least 4 members (excludes halogenated alkanes) is 1. The molecule has 0 bridgehead atoms. The second-order valence-electron chi connectivity index (χ2n) is 8.97. The predicted molar refractivity (Wildman–Crippen MR) is 152 cm³/mol. The summed E-state index contributed by atoms with van der Waals surface area (Å²) >= 11 is 0.940. The number of nitrogens with zero attached hydrogens (tertiary/aromatic N) is 2. The lowest BCUT2D eigenvalue weighted by Gasteiger charge is -2.23. The molecule has 9 nitrogen and oxygen atoms in total. The van der Waals surface area contributed by atoms with Gasteiger partial charge < -0.3 is 19.3 Å². The quantitative estimate of drug-likeness (QED) is 0.0801. The van der Waals surface area contributed by atoms with Crippen LogP contribution in [0.5, 0.6) is 11.5 Å². The molecule has 0 saturated carbocycles. The lowest BCUT2D eigenvalue weighted by atomic mass is 9.95. The monoisotopic (exact) mass is 562 g/mol. The normalized spacial score (nSPS) is 16.2. The first-order chi connectivity index (χ1) is 19.3. The van der Waals surface area contributed by atoms with Crippen LogP contribution in [0.15, 0.2) is 66.8 Å². The van der Waals surface area contributed by atoms with Crippen LogP contribution in [-0.4, -0.2) is 48.1 Å². The standard InChI is InChI=1S/C30H30N2O7S/c1-5-7-17-39-22-14-10-20(11-15-22)25(33)23-24(19-8-12-21(13-9-19)38-16-6-2)32(28(35)26(23)34)30-31-18(3)27(40-30)29(36)37-4/h6,8-15,24,33H,2,5,7,16-17H2,1,3-4H3. The van der Waals surface area contributed by atoms with Gasteiger partial charge in [-0.25, -0.2) is 9.78 Å². The molecule has 0 aliphatic carbocycles. The van der Waals surface area contributed by atoms with E-state index < -0.39 is 23.7 Å². The van der Waals surface area contributed by atoms with E-state index in [0.717, 1.165) is 24.2 Å². The molecule has 1 aliphatic rings. The van der Waals surface area contributed by atoms with Crippen molar-refractivity contribution in [2.24, 2.45) is 0 Å². The molecule has 2 heterocycles. The summed E-state index contributed by atoms with van der Waals surface area (Å²) in [6.45, 7) is 8.21. The van der Waals surface area contributed by atoms with Gasteiger partial charge in [-0.05, 0) is 55.3 Å². The van der Waals surface area contributed by atoms with Gasteiger partial charge in [-0.15, -0.1) is 0 Å². The fourth-order valence-electron chi connectivity index (χ4n) is 4.21. The van der Waals surface area contributed by atoms with Crippen molar-refractivity contribution < 1.29 is 33.7 Å². The van der Waals surface area contributed by atoms with Crippen molar-refractivity contribution >= 4 is 39.9 Å². The molecule has 1 fully saturated rings. The number of aryl methyl sites for hydroxylation is 1. The zero-order valence-corrected chi connectivity index (χ0v) is 23.3. The first kappa shape index (κ1) is 28.6. The Kier molecular flexibility index (Phi) is 9.00. The number of anilines is 1. The highest BCUT2D eigenvalue weighted by molar-refractivity contribution is 7.17. The van der Waals surface area contributed by atoms with Crippen LogP contribution in [0.1, 0.15) is 52.3 Å². The molecule has 1 atom stereocenters. The second-order valence-corrected chi connectivity index (χ2v) is 9.94. The first-order valence-corrected chi connectivity index (χ1v) is 13.6. The molecule has 10 heteroatoms. The number of carbonyl (C=O) groups excluding carboxylic acids is 3. The van der Waals surface area contributed by atoms with Gasteiger partial charge in [0, 0.05) is 5.56 Å². The molecule has 3 aromatic rings. The molecular formula is C30H30N2O7S. The number of aromatic nitrogens is 1. The first-order valence-electron chi connectivity index (χ1n) is 12.7. The Hall–Kier alpha value is -4.44. The number of aliphatic hydroxyl groups excluding tert-OH is 1. The van der Waals surface area contributed by atoms with Crippen molar-refractivity contribution in [2.75, 3.05) is 25.2 Å². The van der Waals surface area contributed by atoms with Crippen LogP contribution in [0, 0.1) is 6.92 Å². The zero-order valence-electron chi connectivity index (χ0n) is 22.5. The minimum Gasteiger partial charge on any atom is -0.507 e. The number of hydrogen-bond donors (Lipinski definition) is 1. The van der Waals surface area contributed by atoms with E-state index in [1.807, 2.05) is 0 Å². The lowest BCUT2D eigenvalue weighted by molar-refractivity contribution is -0.132. The van der Waals surface area contributed by atoms with E-state index in [-0.39, 0.29) is 21.3 Å². The Morgan fingerprint density at radius 1 is 1.10 bits per heavy atom. The third-order valence-corrected chi connectivity index (χ3v) is 7.40. The summed E-state index contributed by atoms with van der Waals surface area (Å²) in [5, 5.41) is 11.5. The van der Waals surface area contributed by atoms with E-state index in [2.05, 4.69) is 18.5 Å². The van der Waals surface area contributed by atoms with E-state index in [1.165, 1.54) is 12.0 Å². The minimum absolute atomic E-state index is 0.100. The van der Waals surface area contributed by atoms with Crippen molar-refractivity contribution in [1.82, 2.24) is 4.98 Å². The molecule has 1 aromatic heterocycles. The molecule has 0 radical (unpaired) electrons. The van der Waals surface area contributed by atoms with Crippen molar-refractivity contribution in [3.63, 3.8) is 0 Å². The second kappa shape index (κ2) is 12.6. The maximum absolute atomic E-state index is 13.4. The van der Waals surface area contributed by atoms with Gasteiger partial charge in [0.1, 0.15) is 28.7 Å².